The minimum absolute atomic E-state index is 0.0583. The molecule has 0 aliphatic heterocycles. The number of alkyl halides is 3. The van der Waals surface area contributed by atoms with E-state index in [2.05, 4.69) is 14.8 Å². The molecule has 10 heteroatoms. The molecule has 0 spiro atoms. The molecule has 0 fully saturated rings. The Labute approximate surface area is 156 Å². The van der Waals surface area contributed by atoms with Crippen molar-refractivity contribution in [1.29, 1.82) is 0 Å². The quantitative estimate of drug-likeness (QED) is 0.583. The summed E-state index contributed by atoms with van der Waals surface area (Å²) in [4.78, 5) is 23.7. The number of hydrogen-bond donors (Lipinski definition) is 1. The van der Waals surface area contributed by atoms with Crippen LogP contribution in [0.2, 0.25) is 0 Å². The van der Waals surface area contributed by atoms with E-state index in [1.54, 1.807) is 0 Å². The number of anilines is 1. The van der Waals surface area contributed by atoms with Crippen molar-refractivity contribution in [1.82, 2.24) is 0 Å². The zero-order chi connectivity index (χ0) is 20.9. The van der Waals surface area contributed by atoms with Gasteiger partial charge >= 0.3 is 12.1 Å². The van der Waals surface area contributed by atoms with Crippen LogP contribution in [0.5, 0.6) is 0 Å². The first kappa shape index (κ1) is 21.3. The Morgan fingerprint density at radius 1 is 1.04 bits per heavy atom. The Bertz CT molecular complexity index is 866. The number of halogens is 5. The fourth-order valence-corrected chi connectivity index (χ4v) is 2.14. The van der Waals surface area contributed by atoms with Crippen LogP contribution in [0.15, 0.2) is 36.4 Å². The summed E-state index contributed by atoms with van der Waals surface area (Å²) in [6.07, 6.45) is -4.44. The van der Waals surface area contributed by atoms with Crippen LogP contribution < -0.4 is 5.32 Å². The lowest BCUT2D eigenvalue weighted by atomic mass is 10.1. The molecule has 0 aliphatic carbocycles. The molecule has 0 bridgehead atoms. The molecule has 150 valence electrons. The van der Waals surface area contributed by atoms with Crippen LogP contribution in [0.1, 0.15) is 26.3 Å². The number of nitrogens with one attached hydrogen (secondary N) is 1. The lowest BCUT2D eigenvalue weighted by Gasteiger charge is -2.10. The first-order chi connectivity index (χ1) is 13.1. The molecular weight excluding hydrogens is 389 g/mol. The average Bonchev–Trinajstić information content (AvgIpc) is 2.62. The fraction of sp³-hybridized carbons (Fsp3) is 0.222. The van der Waals surface area contributed by atoms with Gasteiger partial charge in [-0.1, -0.05) is 12.1 Å². The Morgan fingerprint density at radius 3 is 2.25 bits per heavy atom. The number of ether oxygens (including phenoxy) is 2. The van der Waals surface area contributed by atoms with Gasteiger partial charge in [-0.3, -0.25) is 4.79 Å². The maximum absolute atomic E-state index is 13.9. The van der Waals surface area contributed by atoms with E-state index in [0.29, 0.717) is 11.6 Å². The Balaban J connectivity index is 2.08. The molecule has 0 heterocycles. The second-order valence-corrected chi connectivity index (χ2v) is 5.56. The molecule has 28 heavy (non-hydrogen) atoms. The van der Waals surface area contributed by atoms with E-state index in [9.17, 15) is 31.5 Å². The van der Waals surface area contributed by atoms with Crippen molar-refractivity contribution in [2.24, 2.45) is 0 Å². The maximum atomic E-state index is 13.9. The van der Waals surface area contributed by atoms with E-state index < -0.39 is 47.5 Å². The van der Waals surface area contributed by atoms with E-state index in [-0.39, 0.29) is 12.2 Å². The largest absolute Gasteiger partial charge is 0.465 e. The highest BCUT2D eigenvalue weighted by atomic mass is 19.4. The van der Waals surface area contributed by atoms with Crippen LogP contribution in [-0.2, 0) is 16.1 Å². The van der Waals surface area contributed by atoms with Crippen molar-refractivity contribution >= 4 is 17.6 Å². The number of amides is 1. The minimum atomic E-state index is -4.44. The molecule has 0 aliphatic rings. The summed E-state index contributed by atoms with van der Waals surface area (Å²) in [5, 5.41) is 2.19. The molecule has 2 aromatic rings. The van der Waals surface area contributed by atoms with E-state index >= 15 is 0 Å². The number of hydrogen-bond acceptors (Lipinski definition) is 4. The lowest BCUT2D eigenvalue weighted by molar-refractivity contribution is -0.176. The van der Waals surface area contributed by atoms with Gasteiger partial charge in [0.05, 0.1) is 25.0 Å². The SMILES string of the molecule is COC(=O)c1cc(NC(=O)c2ccc(COCC(F)(F)F)cc2)c(F)cc1F. The smallest absolute Gasteiger partial charge is 0.411 e. The number of benzene rings is 2. The van der Waals surface area contributed by atoms with Crippen LogP contribution in [0.25, 0.3) is 0 Å². The molecule has 5 nitrogen and oxygen atoms in total. The van der Waals surface area contributed by atoms with E-state index in [4.69, 9.17) is 0 Å². The second-order valence-electron chi connectivity index (χ2n) is 5.56. The topological polar surface area (TPSA) is 64.6 Å². The number of methoxy groups -OCH3 is 1. The Kier molecular flexibility index (Phi) is 6.68. The summed E-state index contributed by atoms with van der Waals surface area (Å²) < 4.78 is 72.4. The van der Waals surface area contributed by atoms with Gasteiger partial charge in [-0.2, -0.15) is 13.2 Å². The van der Waals surface area contributed by atoms with Crippen molar-refractivity contribution in [3.05, 3.63) is 64.7 Å². The highest BCUT2D eigenvalue weighted by Gasteiger charge is 2.27. The van der Waals surface area contributed by atoms with Crippen molar-refractivity contribution < 1.29 is 41.0 Å². The molecule has 1 amide bonds. The maximum Gasteiger partial charge on any atom is 0.411 e. The third-order valence-corrected chi connectivity index (χ3v) is 3.46. The Morgan fingerprint density at radius 2 is 1.68 bits per heavy atom. The van der Waals surface area contributed by atoms with E-state index in [0.717, 1.165) is 13.2 Å². The van der Waals surface area contributed by atoms with E-state index in [1.807, 2.05) is 0 Å². The molecule has 0 saturated heterocycles. The highest BCUT2D eigenvalue weighted by molar-refractivity contribution is 6.05. The van der Waals surface area contributed by atoms with Crippen molar-refractivity contribution in [2.45, 2.75) is 12.8 Å². The van der Waals surface area contributed by atoms with Gasteiger partial charge in [0.25, 0.3) is 5.91 Å². The monoisotopic (exact) mass is 403 g/mol. The predicted octanol–water partition coefficient (Wildman–Crippen LogP) is 4.08. The fourth-order valence-electron chi connectivity index (χ4n) is 2.14. The van der Waals surface area contributed by atoms with Crippen molar-refractivity contribution in [2.75, 3.05) is 19.0 Å². The summed E-state index contributed by atoms with van der Waals surface area (Å²) in [5.74, 6) is -4.07. The zero-order valence-corrected chi connectivity index (χ0v) is 14.4. The zero-order valence-electron chi connectivity index (χ0n) is 14.4. The van der Waals surface area contributed by atoms with Gasteiger partial charge in [-0.25, -0.2) is 13.6 Å². The summed E-state index contributed by atoms with van der Waals surface area (Å²) in [6, 6.07) is 6.56. The van der Waals surface area contributed by atoms with Crippen molar-refractivity contribution in [3.8, 4) is 0 Å². The average molecular weight is 403 g/mol. The van der Waals surface area contributed by atoms with Gasteiger partial charge in [0.2, 0.25) is 0 Å². The molecule has 0 unspecified atom stereocenters. The third kappa shape index (κ3) is 5.74. The van der Waals surface area contributed by atoms with Gasteiger partial charge in [-0.05, 0) is 23.8 Å². The molecular formula is C18H14F5NO4. The number of esters is 1. The first-order valence-corrected chi connectivity index (χ1v) is 7.73. The number of rotatable bonds is 6. The van der Waals surface area contributed by atoms with Gasteiger partial charge in [0.15, 0.2) is 0 Å². The second kappa shape index (κ2) is 8.79. The summed E-state index contributed by atoms with van der Waals surface area (Å²) in [5.41, 5.74) is -0.551. The Hall–Kier alpha value is -3.01. The van der Waals surface area contributed by atoms with Gasteiger partial charge < -0.3 is 14.8 Å². The van der Waals surface area contributed by atoms with Gasteiger partial charge in [0, 0.05) is 11.6 Å². The molecule has 2 aromatic carbocycles. The van der Waals surface area contributed by atoms with Crippen LogP contribution in [0, 0.1) is 11.6 Å². The van der Waals surface area contributed by atoms with Crippen LogP contribution in [0.4, 0.5) is 27.6 Å². The summed E-state index contributed by atoms with van der Waals surface area (Å²) >= 11 is 0. The standard InChI is InChI=1S/C18H14F5NO4/c1-27-17(26)12-6-15(14(20)7-13(12)19)24-16(25)11-4-2-10(3-5-11)8-28-9-18(21,22)23/h2-7H,8-9H2,1H3,(H,24,25). The minimum Gasteiger partial charge on any atom is -0.465 e. The normalized spacial score (nSPS) is 11.2. The lowest BCUT2D eigenvalue weighted by Crippen LogP contribution is -2.17. The number of carbonyl (C=O) groups excluding carboxylic acids is 2. The third-order valence-electron chi connectivity index (χ3n) is 3.46. The predicted molar refractivity (Wildman–Crippen MR) is 87.8 cm³/mol. The van der Waals surface area contributed by atoms with Gasteiger partial charge in [-0.15, -0.1) is 0 Å². The van der Waals surface area contributed by atoms with Crippen LogP contribution in [-0.4, -0.2) is 31.8 Å². The van der Waals surface area contributed by atoms with Gasteiger partial charge in [0.1, 0.15) is 18.2 Å². The van der Waals surface area contributed by atoms with Crippen molar-refractivity contribution in [3.63, 3.8) is 0 Å². The molecule has 2 rings (SSSR count). The summed E-state index contributed by atoms with van der Waals surface area (Å²) in [7, 11) is 1.02. The van der Waals surface area contributed by atoms with Crippen LogP contribution >= 0.6 is 0 Å². The number of carbonyl (C=O) groups is 2. The first-order valence-electron chi connectivity index (χ1n) is 7.73. The molecule has 0 radical (unpaired) electrons. The van der Waals surface area contributed by atoms with Crippen LogP contribution in [0.3, 0.4) is 0 Å². The molecule has 0 aromatic heterocycles. The highest BCUT2D eigenvalue weighted by Crippen LogP contribution is 2.21. The molecule has 1 N–H and O–H groups in total. The van der Waals surface area contributed by atoms with E-state index in [1.165, 1.54) is 24.3 Å². The summed E-state index contributed by atoms with van der Waals surface area (Å²) in [6.45, 7) is -1.71. The molecule has 0 saturated carbocycles. The molecule has 0 atom stereocenters.